The zero-order valence-corrected chi connectivity index (χ0v) is 23.2. The minimum Gasteiger partial charge on any atom is -0.109 e. The van der Waals surface area contributed by atoms with Crippen molar-refractivity contribution in [2.75, 3.05) is 0 Å². The maximum Gasteiger partial charge on any atom is 0.0508 e. The highest BCUT2D eigenvalue weighted by Gasteiger charge is 2.34. The standard InChI is InChI=1S/C20H32Br2S2Si2/c1-3-5-7-9-11-25-15-13-17(21)23-19(15)20-16(14-18(22)24-20)26-12-10-8-6-4-2/h13-14,19-20,25-26H,3-12H2,1-2H3. The van der Waals surface area contributed by atoms with Crippen molar-refractivity contribution in [3.63, 3.8) is 0 Å². The molecule has 0 radical (unpaired) electrons. The molecule has 0 spiro atoms. The van der Waals surface area contributed by atoms with Gasteiger partial charge in [0.15, 0.2) is 0 Å². The molecule has 6 heteroatoms. The maximum atomic E-state index is 3.79. The Bertz CT molecular complexity index is 520. The highest BCUT2D eigenvalue weighted by molar-refractivity contribution is 9.14. The highest BCUT2D eigenvalue weighted by Crippen LogP contribution is 2.45. The lowest BCUT2D eigenvalue weighted by atomic mass is 10.2. The molecule has 2 aliphatic heterocycles. The highest BCUT2D eigenvalue weighted by atomic mass is 79.9. The van der Waals surface area contributed by atoms with Crippen LogP contribution in [0.1, 0.15) is 65.2 Å². The molecule has 0 aliphatic carbocycles. The van der Waals surface area contributed by atoms with Gasteiger partial charge < -0.3 is 0 Å². The van der Waals surface area contributed by atoms with Crippen molar-refractivity contribution in [1.82, 2.24) is 0 Å². The average Bonchev–Trinajstić information content (AvgIpc) is 3.16. The molecule has 0 aromatic rings. The fourth-order valence-electron chi connectivity index (χ4n) is 3.38. The van der Waals surface area contributed by atoms with E-state index in [1.54, 1.807) is 10.3 Å². The van der Waals surface area contributed by atoms with Gasteiger partial charge in [0.2, 0.25) is 0 Å². The molecule has 2 unspecified atom stereocenters. The third-order valence-corrected chi connectivity index (χ3v) is 12.8. The molecule has 146 valence electrons. The SMILES string of the molecule is CCCCCC[SiH]=C1C=C(Br)SC1C1SC(Br)=CC1=[SiH]CCCCCC. The third kappa shape index (κ3) is 7.98. The lowest BCUT2D eigenvalue weighted by Crippen LogP contribution is -2.32. The Morgan fingerprint density at radius 3 is 1.54 bits per heavy atom. The van der Waals surface area contributed by atoms with Gasteiger partial charge >= 0.3 is 0 Å². The summed E-state index contributed by atoms with van der Waals surface area (Å²) in [5.41, 5.74) is 0. The molecule has 0 aromatic carbocycles. The van der Waals surface area contributed by atoms with Crippen molar-refractivity contribution in [3.05, 3.63) is 19.8 Å². The van der Waals surface area contributed by atoms with Crippen LogP contribution in [0, 0.1) is 0 Å². The Kier molecular flexibility index (Phi) is 12.3. The van der Waals surface area contributed by atoms with E-state index in [1.165, 1.54) is 71.1 Å². The van der Waals surface area contributed by atoms with Gasteiger partial charge in [-0.1, -0.05) is 75.6 Å². The predicted octanol–water partition coefficient (Wildman–Crippen LogP) is 6.90. The monoisotopic (exact) mass is 550 g/mol. The van der Waals surface area contributed by atoms with Crippen LogP contribution in [-0.2, 0) is 0 Å². The van der Waals surface area contributed by atoms with E-state index in [4.69, 9.17) is 0 Å². The van der Waals surface area contributed by atoms with Gasteiger partial charge in [-0.15, -0.1) is 23.5 Å². The number of allylic oxidation sites excluding steroid dienone is 2. The summed E-state index contributed by atoms with van der Waals surface area (Å²) in [5.74, 6) is 0. The third-order valence-electron chi connectivity index (χ3n) is 4.85. The van der Waals surface area contributed by atoms with E-state index < -0.39 is 0 Å². The lowest BCUT2D eigenvalue weighted by Gasteiger charge is -2.21. The van der Waals surface area contributed by atoms with Crippen molar-refractivity contribution < 1.29 is 0 Å². The van der Waals surface area contributed by atoms with Gasteiger partial charge in [-0.3, -0.25) is 0 Å². The molecule has 0 bridgehead atoms. The van der Waals surface area contributed by atoms with Crippen molar-refractivity contribution in [2.45, 2.75) is 87.8 Å². The van der Waals surface area contributed by atoms with E-state index in [0.717, 1.165) is 0 Å². The Morgan fingerprint density at radius 1 is 0.731 bits per heavy atom. The summed E-state index contributed by atoms with van der Waals surface area (Å²) in [7, 11) is 0.918. The first-order valence-electron chi connectivity index (χ1n) is 10.1. The minimum absolute atomic E-state index is 0.459. The summed E-state index contributed by atoms with van der Waals surface area (Å²) < 4.78 is 2.72. The summed E-state index contributed by atoms with van der Waals surface area (Å²) in [4.78, 5) is 0. The molecule has 0 aromatic heterocycles. The average molecular weight is 553 g/mol. The topological polar surface area (TPSA) is 0 Å². The summed E-state index contributed by atoms with van der Waals surface area (Å²) in [6, 6.07) is 2.88. The normalized spacial score (nSPS) is 26.0. The quantitative estimate of drug-likeness (QED) is 0.202. The first kappa shape index (κ1) is 23.6. The Labute approximate surface area is 190 Å². The van der Waals surface area contributed by atoms with Gasteiger partial charge in [0.05, 0.1) is 7.63 Å². The van der Waals surface area contributed by atoms with Gasteiger partial charge in [-0.2, -0.15) is 0 Å². The van der Waals surface area contributed by atoms with Crippen LogP contribution in [0.5, 0.6) is 0 Å². The number of unbranched alkanes of at least 4 members (excludes halogenated alkanes) is 6. The fourth-order valence-corrected chi connectivity index (χ4v) is 12.4. The molecule has 0 N–H and O–H groups in total. The van der Waals surface area contributed by atoms with E-state index in [1.807, 2.05) is 0 Å². The van der Waals surface area contributed by atoms with Gasteiger partial charge in [0.25, 0.3) is 0 Å². The summed E-state index contributed by atoms with van der Waals surface area (Å²) >= 11 is 11.7. The van der Waals surface area contributed by atoms with E-state index >= 15 is 0 Å². The minimum atomic E-state index is 0.459. The molecule has 2 heterocycles. The van der Waals surface area contributed by atoms with Crippen LogP contribution < -0.4 is 0 Å². The molecule has 0 amide bonds. The molecule has 26 heavy (non-hydrogen) atoms. The van der Waals surface area contributed by atoms with Crippen LogP contribution in [0.4, 0.5) is 0 Å². The van der Waals surface area contributed by atoms with Crippen molar-refractivity contribution in [2.24, 2.45) is 0 Å². The van der Waals surface area contributed by atoms with Crippen LogP contribution in [-0.4, -0.2) is 39.1 Å². The van der Waals surface area contributed by atoms with Crippen LogP contribution in [0.3, 0.4) is 0 Å². The number of thioether (sulfide) groups is 2. The zero-order valence-electron chi connectivity index (χ0n) is 16.1. The van der Waals surface area contributed by atoms with Crippen LogP contribution in [0.25, 0.3) is 0 Å². The van der Waals surface area contributed by atoms with Crippen molar-refractivity contribution >= 4 is 84.0 Å². The fraction of sp³-hybridized carbons (Fsp3) is 0.700. The summed E-state index contributed by atoms with van der Waals surface area (Å²) in [6.07, 6.45) is 16.1. The molecule has 0 saturated carbocycles. The van der Waals surface area contributed by atoms with Gasteiger partial charge in [-0.25, -0.2) is 0 Å². The van der Waals surface area contributed by atoms with Crippen LogP contribution in [0.2, 0.25) is 12.1 Å². The summed E-state index contributed by atoms with van der Waals surface area (Å²) in [5, 5.41) is 4.88. The maximum absolute atomic E-state index is 3.79. The van der Waals surface area contributed by atoms with E-state index in [-0.39, 0.29) is 0 Å². The van der Waals surface area contributed by atoms with Crippen molar-refractivity contribution in [1.29, 1.82) is 0 Å². The van der Waals surface area contributed by atoms with E-state index in [2.05, 4.69) is 81.4 Å². The number of halogens is 2. The summed E-state index contributed by atoms with van der Waals surface area (Å²) in [6.45, 7) is 4.60. The number of hydrogen-bond donors (Lipinski definition) is 0. The molecule has 2 aliphatic rings. The van der Waals surface area contributed by atoms with Crippen LogP contribution >= 0.6 is 55.4 Å². The first-order chi connectivity index (χ1) is 12.7. The number of rotatable bonds is 11. The van der Waals surface area contributed by atoms with E-state index in [9.17, 15) is 0 Å². The smallest absolute Gasteiger partial charge is 0.0508 e. The number of hydrogen-bond acceptors (Lipinski definition) is 2. The molecule has 0 saturated heterocycles. The molecular weight excluding hydrogens is 520 g/mol. The molecule has 0 nitrogen and oxygen atoms in total. The second-order valence-corrected chi connectivity index (χ2v) is 15.5. The van der Waals surface area contributed by atoms with Crippen molar-refractivity contribution in [3.8, 4) is 0 Å². The Morgan fingerprint density at radius 2 is 1.15 bits per heavy atom. The first-order valence-corrected chi connectivity index (χ1v) is 16.3. The largest absolute Gasteiger partial charge is 0.109 e. The Hall–Kier alpha value is 1.31. The molecule has 2 rings (SSSR count). The van der Waals surface area contributed by atoms with Gasteiger partial charge in [0, 0.05) is 10.5 Å². The second kappa shape index (κ2) is 13.5. The Balaban J connectivity index is 1.97. The van der Waals surface area contributed by atoms with Crippen LogP contribution in [0.15, 0.2) is 19.8 Å². The molecule has 0 fully saturated rings. The second-order valence-electron chi connectivity index (χ2n) is 7.08. The van der Waals surface area contributed by atoms with Gasteiger partial charge in [-0.05, 0) is 74.4 Å². The van der Waals surface area contributed by atoms with E-state index in [0.29, 0.717) is 28.8 Å². The predicted molar refractivity (Wildman–Crippen MR) is 139 cm³/mol. The molecular formula is C20H32Br2S2Si2. The lowest BCUT2D eigenvalue weighted by molar-refractivity contribution is 0.701. The van der Waals surface area contributed by atoms with Gasteiger partial charge in [0.1, 0.15) is 0 Å². The molecule has 2 atom stereocenters. The zero-order chi connectivity index (χ0) is 18.8.